The van der Waals surface area contributed by atoms with Crippen molar-refractivity contribution in [3.63, 3.8) is 0 Å². The van der Waals surface area contributed by atoms with Gasteiger partial charge < -0.3 is 20.7 Å². The van der Waals surface area contributed by atoms with Crippen LogP contribution >= 0.6 is 0 Å². The quantitative estimate of drug-likeness (QED) is 0.787. The number of ether oxygens (including phenoxy) is 1. The number of carbonyl (C=O) groups is 2. The number of alkyl halides is 3. The van der Waals surface area contributed by atoms with E-state index in [4.69, 9.17) is 5.73 Å². The number of rotatable bonds is 5. The van der Waals surface area contributed by atoms with Crippen LogP contribution in [0.2, 0.25) is 0 Å². The number of anilines is 2. The number of carbonyl (C=O) groups excluding carboxylic acids is 2. The van der Waals surface area contributed by atoms with Gasteiger partial charge in [-0.2, -0.15) is 0 Å². The summed E-state index contributed by atoms with van der Waals surface area (Å²) in [6.45, 7) is 1.64. The van der Waals surface area contributed by atoms with Gasteiger partial charge in [-0.05, 0) is 61.7 Å². The molecule has 1 heterocycles. The van der Waals surface area contributed by atoms with E-state index in [2.05, 4.69) is 15.0 Å². The first-order chi connectivity index (χ1) is 13.7. The molecule has 0 unspecified atom stereocenters. The minimum atomic E-state index is -4.80. The van der Waals surface area contributed by atoms with Crippen LogP contribution < -0.4 is 20.7 Å². The van der Waals surface area contributed by atoms with Crippen LogP contribution in [0.1, 0.15) is 40.0 Å². The minimum Gasteiger partial charge on any atom is -0.406 e. The molecule has 1 aliphatic rings. The molecule has 6 nitrogen and oxygen atoms in total. The minimum absolute atomic E-state index is 0.147. The molecule has 1 saturated heterocycles. The Morgan fingerprint density at radius 3 is 2.17 bits per heavy atom. The average molecular weight is 407 g/mol. The molecule has 154 valence electrons. The summed E-state index contributed by atoms with van der Waals surface area (Å²) in [5, 5.41) is 2.74. The van der Waals surface area contributed by atoms with E-state index in [1.165, 1.54) is 18.2 Å². The van der Waals surface area contributed by atoms with Crippen molar-refractivity contribution in [1.29, 1.82) is 0 Å². The number of primary amides is 1. The third-order valence-electron chi connectivity index (χ3n) is 4.58. The number of hydrogen-bond acceptors (Lipinski definition) is 4. The third-order valence-corrected chi connectivity index (χ3v) is 4.58. The number of nitrogens with one attached hydrogen (secondary N) is 1. The summed E-state index contributed by atoms with van der Waals surface area (Å²) in [4.78, 5) is 26.3. The van der Waals surface area contributed by atoms with E-state index < -0.39 is 23.9 Å². The van der Waals surface area contributed by atoms with E-state index in [1.54, 1.807) is 12.1 Å². The van der Waals surface area contributed by atoms with Gasteiger partial charge in [-0.15, -0.1) is 13.2 Å². The van der Waals surface area contributed by atoms with Crippen LogP contribution in [0, 0.1) is 0 Å². The number of hydrogen-bond donors (Lipinski definition) is 2. The normalized spacial score (nSPS) is 14.4. The molecule has 2 aromatic carbocycles. The van der Waals surface area contributed by atoms with Gasteiger partial charge in [-0.3, -0.25) is 9.59 Å². The highest BCUT2D eigenvalue weighted by molar-refractivity contribution is 6.07. The first kappa shape index (κ1) is 20.5. The first-order valence-corrected chi connectivity index (χ1v) is 9.09. The van der Waals surface area contributed by atoms with Crippen LogP contribution in [0.3, 0.4) is 0 Å². The van der Waals surface area contributed by atoms with Gasteiger partial charge >= 0.3 is 6.36 Å². The maximum absolute atomic E-state index is 12.6. The summed E-state index contributed by atoms with van der Waals surface area (Å²) in [6.07, 6.45) is -1.64. The van der Waals surface area contributed by atoms with Crippen LogP contribution in [0.15, 0.2) is 42.5 Å². The molecular formula is C20H20F3N3O3. The van der Waals surface area contributed by atoms with E-state index >= 15 is 0 Å². The second kappa shape index (κ2) is 8.42. The molecule has 1 fully saturated rings. The summed E-state index contributed by atoms with van der Waals surface area (Å²) < 4.78 is 40.6. The predicted octanol–water partition coefficient (Wildman–Crippen LogP) is 3.93. The lowest BCUT2D eigenvalue weighted by molar-refractivity contribution is -0.274. The molecular weight excluding hydrogens is 387 g/mol. The second-order valence-electron chi connectivity index (χ2n) is 6.67. The number of nitrogens with zero attached hydrogens (tertiary/aromatic N) is 1. The molecule has 0 radical (unpaired) electrons. The van der Waals surface area contributed by atoms with Crippen molar-refractivity contribution >= 4 is 23.2 Å². The van der Waals surface area contributed by atoms with Gasteiger partial charge in [0.05, 0.1) is 11.4 Å². The van der Waals surface area contributed by atoms with Gasteiger partial charge in [-0.25, -0.2) is 0 Å². The Kier molecular flexibility index (Phi) is 5.95. The molecule has 2 aromatic rings. The van der Waals surface area contributed by atoms with Crippen molar-refractivity contribution in [2.24, 2.45) is 5.73 Å². The Balaban J connectivity index is 1.82. The van der Waals surface area contributed by atoms with E-state index in [-0.39, 0.29) is 11.1 Å². The van der Waals surface area contributed by atoms with Crippen LogP contribution in [0.25, 0.3) is 0 Å². The van der Waals surface area contributed by atoms with Crippen molar-refractivity contribution in [3.05, 3.63) is 53.6 Å². The molecule has 2 amide bonds. The number of piperidine rings is 1. The van der Waals surface area contributed by atoms with Gasteiger partial charge in [0, 0.05) is 24.2 Å². The van der Waals surface area contributed by atoms with Crippen LogP contribution in [0.5, 0.6) is 5.75 Å². The largest absolute Gasteiger partial charge is 0.573 e. The molecule has 0 aliphatic carbocycles. The lowest BCUT2D eigenvalue weighted by Gasteiger charge is -2.30. The van der Waals surface area contributed by atoms with Crippen LogP contribution in [0.4, 0.5) is 24.5 Å². The van der Waals surface area contributed by atoms with Crippen molar-refractivity contribution in [2.75, 3.05) is 23.3 Å². The Bertz CT molecular complexity index is 892. The van der Waals surface area contributed by atoms with E-state index in [9.17, 15) is 22.8 Å². The number of amides is 2. The SMILES string of the molecule is NC(=O)c1ccc(N2CCCCC2)c(NC(=O)c2ccc(OC(F)(F)F)cc2)c1. The first-order valence-electron chi connectivity index (χ1n) is 9.09. The van der Waals surface area contributed by atoms with Crippen LogP contribution in [-0.2, 0) is 0 Å². The third kappa shape index (κ3) is 5.40. The maximum Gasteiger partial charge on any atom is 0.573 e. The number of halogens is 3. The Morgan fingerprint density at radius 2 is 1.59 bits per heavy atom. The highest BCUT2D eigenvalue weighted by Gasteiger charge is 2.31. The zero-order valence-corrected chi connectivity index (χ0v) is 15.5. The summed E-state index contributed by atoms with van der Waals surface area (Å²) in [5.74, 6) is -1.57. The topological polar surface area (TPSA) is 84.7 Å². The summed E-state index contributed by atoms with van der Waals surface area (Å²) in [5.41, 5.74) is 6.93. The fourth-order valence-corrected chi connectivity index (χ4v) is 3.20. The summed E-state index contributed by atoms with van der Waals surface area (Å²) in [7, 11) is 0. The summed E-state index contributed by atoms with van der Waals surface area (Å²) >= 11 is 0. The molecule has 0 bridgehead atoms. The monoisotopic (exact) mass is 407 g/mol. The highest BCUT2D eigenvalue weighted by atomic mass is 19.4. The fourth-order valence-electron chi connectivity index (χ4n) is 3.20. The van der Waals surface area contributed by atoms with Crippen molar-refractivity contribution < 1.29 is 27.5 Å². The van der Waals surface area contributed by atoms with E-state index in [0.717, 1.165) is 50.2 Å². The Hall–Kier alpha value is -3.23. The van der Waals surface area contributed by atoms with Gasteiger partial charge in [0.25, 0.3) is 5.91 Å². The van der Waals surface area contributed by atoms with Gasteiger partial charge in [0.15, 0.2) is 0 Å². The molecule has 1 aliphatic heterocycles. The number of benzene rings is 2. The van der Waals surface area contributed by atoms with Gasteiger partial charge in [-0.1, -0.05) is 0 Å². The smallest absolute Gasteiger partial charge is 0.406 e. The molecule has 0 saturated carbocycles. The lowest BCUT2D eigenvalue weighted by atomic mass is 10.1. The van der Waals surface area contributed by atoms with Crippen molar-refractivity contribution in [2.45, 2.75) is 25.6 Å². The van der Waals surface area contributed by atoms with Gasteiger partial charge in [0.1, 0.15) is 5.75 Å². The summed E-state index contributed by atoms with van der Waals surface area (Å²) in [6, 6.07) is 9.43. The molecule has 29 heavy (non-hydrogen) atoms. The number of nitrogens with two attached hydrogens (primary N) is 1. The molecule has 0 aromatic heterocycles. The van der Waals surface area contributed by atoms with Crippen molar-refractivity contribution in [1.82, 2.24) is 0 Å². The Morgan fingerprint density at radius 1 is 0.966 bits per heavy atom. The van der Waals surface area contributed by atoms with E-state index in [1.807, 2.05) is 0 Å². The predicted molar refractivity (Wildman–Crippen MR) is 102 cm³/mol. The maximum atomic E-state index is 12.6. The standard InChI is InChI=1S/C20H20F3N3O3/c21-20(22,23)29-15-7-4-13(5-8-15)19(28)25-16-12-14(18(24)27)6-9-17(16)26-10-2-1-3-11-26/h4-9,12H,1-3,10-11H2,(H2,24,27)(H,25,28). The average Bonchev–Trinajstić information content (AvgIpc) is 2.68. The Labute approximate surface area is 165 Å². The highest BCUT2D eigenvalue weighted by Crippen LogP contribution is 2.30. The van der Waals surface area contributed by atoms with E-state index in [0.29, 0.717) is 5.69 Å². The lowest BCUT2D eigenvalue weighted by Crippen LogP contribution is -2.30. The zero-order valence-electron chi connectivity index (χ0n) is 15.5. The molecule has 0 spiro atoms. The molecule has 9 heteroatoms. The fraction of sp³-hybridized carbons (Fsp3) is 0.300. The second-order valence-corrected chi connectivity index (χ2v) is 6.67. The van der Waals surface area contributed by atoms with Crippen LogP contribution in [-0.4, -0.2) is 31.3 Å². The molecule has 3 N–H and O–H groups in total. The zero-order chi connectivity index (χ0) is 21.0. The van der Waals surface area contributed by atoms with Crippen molar-refractivity contribution in [3.8, 4) is 5.75 Å². The van der Waals surface area contributed by atoms with Gasteiger partial charge in [0.2, 0.25) is 5.91 Å². The molecule has 3 rings (SSSR count). The molecule has 0 atom stereocenters.